The number of rotatable bonds is 4. The molecule has 1 heterocycles. The Kier molecular flexibility index (Phi) is 4.34. The summed E-state index contributed by atoms with van der Waals surface area (Å²) in [6.45, 7) is 3.01. The highest BCUT2D eigenvalue weighted by Crippen LogP contribution is 2.28. The number of furan rings is 1. The van der Waals surface area contributed by atoms with E-state index in [9.17, 15) is 14.7 Å². The number of hydrogen-bond acceptors (Lipinski definition) is 4. The molecule has 2 rings (SSSR count). The second kappa shape index (κ2) is 5.87. The first-order valence-corrected chi connectivity index (χ1v) is 7.01. The molecule has 1 amide bonds. The van der Waals surface area contributed by atoms with Crippen molar-refractivity contribution in [3.63, 3.8) is 0 Å². The number of amides is 1. The largest absolute Gasteiger partial charge is 0.480 e. The van der Waals surface area contributed by atoms with Crippen molar-refractivity contribution in [2.75, 3.05) is 0 Å². The van der Waals surface area contributed by atoms with Crippen LogP contribution in [0.2, 0.25) is 0 Å². The minimum atomic E-state index is -1.39. The number of carboxylic acids is 1. The fraction of sp³-hybridized carbons (Fsp3) is 0.286. The highest BCUT2D eigenvalue weighted by atomic mass is 79.9. The lowest BCUT2D eigenvalue weighted by Gasteiger charge is -2.16. The van der Waals surface area contributed by atoms with Gasteiger partial charge in [-0.1, -0.05) is 15.9 Å². The second-order valence-electron chi connectivity index (χ2n) is 4.73. The first kappa shape index (κ1) is 15.5. The molecule has 0 radical (unpaired) electrons. The van der Waals surface area contributed by atoms with Gasteiger partial charge in [-0.15, -0.1) is 0 Å². The minimum absolute atomic E-state index is 0.0370. The molecule has 0 saturated carbocycles. The highest BCUT2D eigenvalue weighted by Gasteiger charge is 2.28. The molecule has 1 aromatic heterocycles. The van der Waals surface area contributed by atoms with E-state index >= 15 is 0 Å². The zero-order valence-electron chi connectivity index (χ0n) is 11.4. The summed E-state index contributed by atoms with van der Waals surface area (Å²) in [7, 11) is 0. The Balaban J connectivity index is 2.35. The standard InChI is InChI=1S/C14H14BrNO5/c1-6-9-5-8(15)3-4-10(9)21-12(6)13(18)16-11(7(2)17)14(19)20/h3-5,7,11,17H,1-2H3,(H,16,18)(H,19,20). The molecule has 7 heteroatoms. The van der Waals surface area contributed by atoms with Crippen LogP contribution in [0.15, 0.2) is 27.1 Å². The van der Waals surface area contributed by atoms with Crippen molar-refractivity contribution in [3.8, 4) is 0 Å². The van der Waals surface area contributed by atoms with Gasteiger partial charge in [-0.2, -0.15) is 0 Å². The fourth-order valence-corrected chi connectivity index (χ4v) is 2.37. The summed E-state index contributed by atoms with van der Waals surface area (Å²) < 4.78 is 6.31. The van der Waals surface area contributed by atoms with Crippen LogP contribution < -0.4 is 5.32 Å². The van der Waals surface area contributed by atoms with Crippen LogP contribution in [0, 0.1) is 6.92 Å². The van der Waals surface area contributed by atoms with Crippen molar-refractivity contribution in [1.82, 2.24) is 5.32 Å². The van der Waals surface area contributed by atoms with Crippen LogP contribution in [0.25, 0.3) is 11.0 Å². The van der Waals surface area contributed by atoms with E-state index < -0.39 is 24.0 Å². The number of halogens is 1. The summed E-state index contributed by atoms with van der Waals surface area (Å²) in [4.78, 5) is 23.1. The predicted molar refractivity (Wildman–Crippen MR) is 79.2 cm³/mol. The molecule has 0 saturated heterocycles. The number of aliphatic hydroxyl groups is 1. The van der Waals surface area contributed by atoms with Crippen molar-refractivity contribution < 1.29 is 24.2 Å². The molecule has 2 unspecified atom stereocenters. The first-order valence-electron chi connectivity index (χ1n) is 6.21. The average molecular weight is 356 g/mol. The number of aliphatic carboxylic acids is 1. The summed E-state index contributed by atoms with van der Waals surface area (Å²) in [5.41, 5.74) is 1.14. The van der Waals surface area contributed by atoms with Crippen LogP contribution in [0.5, 0.6) is 0 Å². The molecule has 112 valence electrons. The van der Waals surface area contributed by atoms with Crippen molar-refractivity contribution in [1.29, 1.82) is 0 Å². The van der Waals surface area contributed by atoms with Crippen LogP contribution in [0.4, 0.5) is 0 Å². The topological polar surface area (TPSA) is 99.8 Å². The van der Waals surface area contributed by atoms with Gasteiger partial charge in [0.1, 0.15) is 5.58 Å². The molecular weight excluding hydrogens is 342 g/mol. The lowest BCUT2D eigenvalue weighted by atomic mass is 10.1. The van der Waals surface area contributed by atoms with Gasteiger partial charge in [0, 0.05) is 15.4 Å². The van der Waals surface area contributed by atoms with E-state index in [2.05, 4.69) is 21.2 Å². The highest BCUT2D eigenvalue weighted by molar-refractivity contribution is 9.10. The number of carbonyl (C=O) groups is 2. The van der Waals surface area contributed by atoms with Gasteiger partial charge in [-0.05, 0) is 32.0 Å². The first-order chi connectivity index (χ1) is 9.81. The number of aryl methyl sites for hydroxylation is 1. The maximum Gasteiger partial charge on any atom is 0.328 e. The third-order valence-corrected chi connectivity index (χ3v) is 3.63. The van der Waals surface area contributed by atoms with Crippen molar-refractivity contribution in [2.24, 2.45) is 0 Å². The van der Waals surface area contributed by atoms with Crippen molar-refractivity contribution in [2.45, 2.75) is 26.0 Å². The summed E-state index contributed by atoms with van der Waals surface area (Å²) in [6, 6.07) is 3.92. The Labute approximate surface area is 128 Å². The van der Waals surface area contributed by atoms with Gasteiger partial charge < -0.3 is 19.9 Å². The number of carbonyl (C=O) groups excluding carboxylic acids is 1. The molecule has 0 aliphatic carbocycles. The van der Waals surface area contributed by atoms with Crippen molar-refractivity contribution in [3.05, 3.63) is 34.0 Å². The van der Waals surface area contributed by atoms with Crippen molar-refractivity contribution >= 4 is 38.8 Å². The minimum Gasteiger partial charge on any atom is -0.480 e. The molecule has 0 spiro atoms. The SMILES string of the molecule is Cc1c(C(=O)NC(C(=O)O)C(C)O)oc2ccc(Br)cc12. The smallest absolute Gasteiger partial charge is 0.328 e. The van der Waals surface area contributed by atoms with E-state index in [1.54, 1.807) is 19.1 Å². The molecule has 0 bridgehead atoms. The van der Waals surface area contributed by atoms with E-state index in [0.29, 0.717) is 11.1 Å². The normalized spacial score (nSPS) is 13.9. The van der Waals surface area contributed by atoms with E-state index in [1.165, 1.54) is 6.92 Å². The number of aliphatic hydroxyl groups excluding tert-OH is 1. The van der Waals surface area contributed by atoms with Gasteiger partial charge in [0.25, 0.3) is 5.91 Å². The molecule has 2 aromatic rings. The summed E-state index contributed by atoms with van der Waals surface area (Å²) in [5.74, 6) is -1.95. The molecule has 0 fully saturated rings. The van der Waals surface area contributed by atoms with Gasteiger partial charge in [-0.3, -0.25) is 4.79 Å². The number of benzene rings is 1. The van der Waals surface area contributed by atoms with Gasteiger partial charge in [0.15, 0.2) is 11.8 Å². The molecule has 2 atom stereocenters. The molecule has 3 N–H and O–H groups in total. The van der Waals surface area contributed by atoms with Crippen LogP contribution >= 0.6 is 15.9 Å². The Bertz CT molecular complexity index is 707. The molecule has 21 heavy (non-hydrogen) atoms. The molecule has 0 aliphatic heterocycles. The quantitative estimate of drug-likeness (QED) is 0.779. The second-order valence-corrected chi connectivity index (χ2v) is 5.64. The average Bonchev–Trinajstić information content (AvgIpc) is 2.72. The fourth-order valence-electron chi connectivity index (χ4n) is 2.01. The number of carboxylic acid groups (broad SMARTS) is 1. The lowest BCUT2D eigenvalue weighted by molar-refractivity contribution is -0.141. The lowest BCUT2D eigenvalue weighted by Crippen LogP contribution is -2.47. The number of hydrogen-bond donors (Lipinski definition) is 3. The van der Waals surface area contributed by atoms with E-state index in [4.69, 9.17) is 9.52 Å². The van der Waals surface area contributed by atoms with Gasteiger partial charge in [0.05, 0.1) is 6.10 Å². The zero-order chi connectivity index (χ0) is 15.7. The Morgan fingerprint density at radius 1 is 1.38 bits per heavy atom. The van der Waals surface area contributed by atoms with Gasteiger partial charge >= 0.3 is 5.97 Å². The van der Waals surface area contributed by atoms with Crippen LogP contribution in [0.1, 0.15) is 23.0 Å². The van der Waals surface area contributed by atoms with E-state index in [-0.39, 0.29) is 5.76 Å². The Morgan fingerprint density at radius 3 is 2.62 bits per heavy atom. The van der Waals surface area contributed by atoms with Gasteiger partial charge in [0.2, 0.25) is 0 Å². The van der Waals surface area contributed by atoms with Crippen LogP contribution in [-0.2, 0) is 4.79 Å². The maximum atomic E-state index is 12.1. The van der Waals surface area contributed by atoms with E-state index in [0.717, 1.165) is 9.86 Å². The maximum absolute atomic E-state index is 12.1. The molecule has 0 aliphatic rings. The number of fused-ring (bicyclic) bond motifs is 1. The molecule has 6 nitrogen and oxygen atoms in total. The Hall–Kier alpha value is -1.86. The summed E-state index contributed by atoms with van der Waals surface area (Å²) >= 11 is 3.34. The zero-order valence-corrected chi connectivity index (χ0v) is 13.0. The van der Waals surface area contributed by atoms with Crippen LogP contribution in [-0.4, -0.2) is 34.2 Å². The van der Waals surface area contributed by atoms with E-state index in [1.807, 2.05) is 6.07 Å². The number of nitrogens with one attached hydrogen (secondary N) is 1. The predicted octanol–water partition coefficient (Wildman–Crippen LogP) is 2.07. The third kappa shape index (κ3) is 3.08. The van der Waals surface area contributed by atoms with Crippen LogP contribution in [0.3, 0.4) is 0 Å². The molecule has 1 aromatic carbocycles. The molecular formula is C14H14BrNO5. The van der Waals surface area contributed by atoms with Gasteiger partial charge in [-0.25, -0.2) is 4.79 Å². The summed E-state index contributed by atoms with van der Waals surface area (Å²) in [5, 5.41) is 21.4. The third-order valence-electron chi connectivity index (χ3n) is 3.14. The Morgan fingerprint density at radius 2 is 2.05 bits per heavy atom. The monoisotopic (exact) mass is 355 g/mol. The summed E-state index contributed by atoms with van der Waals surface area (Å²) in [6.07, 6.45) is -1.22.